The van der Waals surface area contributed by atoms with Crippen LogP contribution >= 0.6 is 11.6 Å². The summed E-state index contributed by atoms with van der Waals surface area (Å²) >= 11 is 6.10. The van der Waals surface area contributed by atoms with Gasteiger partial charge < -0.3 is 19.1 Å². The van der Waals surface area contributed by atoms with Crippen molar-refractivity contribution in [2.45, 2.75) is 6.42 Å². The monoisotopic (exact) mass is 418 g/mol. The Bertz CT molecular complexity index is 825. The summed E-state index contributed by atoms with van der Waals surface area (Å²) in [7, 11) is 4.64. The average molecular weight is 419 g/mol. The number of carbonyl (C=O) groups is 1. The summed E-state index contributed by atoms with van der Waals surface area (Å²) in [5.74, 6) is 1.53. The fraction of sp³-hybridized carbons (Fsp3) is 0.409. The number of ether oxygens (including phenoxy) is 3. The minimum absolute atomic E-state index is 0.0570. The normalized spacial score (nSPS) is 14.6. The van der Waals surface area contributed by atoms with Crippen LogP contribution in [0.1, 0.15) is 16.8 Å². The van der Waals surface area contributed by atoms with Crippen molar-refractivity contribution in [3.8, 4) is 17.2 Å². The van der Waals surface area contributed by atoms with Gasteiger partial charge in [0.15, 0.2) is 17.3 Å². The van der Waals surface area contributed by atoms with Crippen molar-refractivity contribution in [1.29, 1.82) is 0 Å². The third-order valence-corrected chi connectivity index (χ3v) is 5.42. The highest BCUT2D eigenvalue weighted by atomic mass is 35.5. The number of hydrogen-bond acceptors (Lipinski definition) is 6. The van der Waals surface area contributed by atoms with Crippen LogP contribution in [-0.2, 0) is 0 Å². The van der Waals surface area contributed by atoms with Crippen LogP contribution < -0.4 is 19.1 Å². The Balaban J connectivity index is 1.56. The Labute approximate surface area is 176 Å². The summed E-state index contributed by atoms with van der Waals surface area (Å²) in [6.07, 6.45) is 0.440. The highest BCUT2D eigenvalue weighted by Gasteiger charge is 2.20. The highest BCUT2D eigenvalue weighted by Crippen LogP contribution is 2.38. The maximum absolute atomic E-state index is 12.7. The lowest BCUT2D eigenvalue weighted by atomic mass is 10.1. The first-order valence-electron chi connectivity index (χ1n) is 9.61. The van der Waals surface area contributed by atoms with E-state index in [1.807, 2.05) is 18.2 Å². The molecule has 0 aromatic heterocycles. The quantitative estimate of drug-likeness (QED) is 0.608. The van der Waals surface area contributed by atoms with Crippen molar-refractivity contribution >= 4 is 23.1 Å². The lowest BCUT2D eigenvalue weighted by Gasteiger charge is -2.36. The van der Waals surface area contributed by atoms with Gasteiger partial charge in [0.2, 0.25) is 5.75 Å². The van der Waals surface area contributed by atoms with Crippen molar-refractivity contribution in [2.24, 2.45) is 0 Å². The van der Waals surface area contributed by atoms with Crippen molar-refractivity contribution in [2.75, 3.05) is 59.0 Å². The third-order valence-electron chi connectivity index (χ3n) is 5.19. The van der Waals surface area contributed by atoms with Gasteiger partial charge in [0, 0.05) is 55.4 Å². The van der Waals surface area contributed by atoms with Crippen molar-refractivity contribution in [1.82, 2.24) is 4.90 Å². The molecule has 0 atom stereocenters. The first-order chi connectivity index (χ1) is 14.0. The SMILES string of the molecule is COc1cc(C(=O)CCN2CCN(c3cccc(Cl)c3)CC2)cc(OC)c1OC. The Morgan fingerprint density at radius 2 is 1.62 bits per heavy atom. The Morgan fingerprint density at radius 1 is 0.966 bits per heavy atom. The van der Waals surface area contributed by atoms with E-state index in [-0.39, 0.29) is 5.78 Å². The van der Waals surface area contributed by atoms with Gasteiger partial charge in [-0.25, -0.2) is 0 Å². The topological polar surface area (TPSA) is 51.2 Å². The van der Waals surface area contributed by atoms with Crippen LogP contribution in [0.15, 0.2) is 36.4 Å². The summed E-state index contributed by atoms with van der Waals surface area (Å²) in [5.41, 5.74) is 1.71. The molecule has 29 heavy (non-hydrogen) atoms. The number of hydrogen-bond donors (Lipinski definition) is 0. The Morgan fingerprint density at radius 3 is 2.17 bits per heavy atom. The fourth-order valence-electron chi connectivity index (χ4n) is 3.55. The number of anilines is 1. The number of piperazine rings is 1. The van der Waals surface area contributed by atoms with Crippen molar-refractivity contribution in [3.05, 3.63) is 47.0 Å². The predicted octanol–water partition coefficient (Wildman–Crippen LogP) is 3.76. The fourth-order valence-corrected chi connectivity index (χ4v) is 3.73. The summed E-state index contributed by atoms with van der Waals surface area (Å²) in [6.45, 7) is 4.38. The van der Waals surface area contributed by atoms with Gasteiger partial charge in [-0.15, -0.1) is 0 Å². The minimum Gasteiger partial charge on any atom is -0.493 e. The molecule has 1 aliphatic rings. The second kappa shape index (κ2) is 9.85. The van der Waals surface area contributed by atoms with Crippen LogP contribution in [-0.4, -0.2) is 64.7 Å². The third kappa shape index (κ3) is 5.14. The second-order valence-electron chi connectivity index (χ2n) is 6.90. The van der Waals surface area contributed by atoms with Gasteiger partial charge in [-0.3, -0.25) is 9.69 Å². The van der Waals surface area contributed by atoms with E-state index in [4.69, 9.17) is 25.8 Å². The van der Waals surface area contributed by atoms with Crippen molar-refractivity contribution in [3.63, 3.8) is 0 Å². The van der Waals surface area contributed by atoms with E-state index >= 15 is 0 Å². The molecule has 156 valence electrons. The average Bonchev–Trinajstić information content (AvgIpc) is 2.76. The van der Waals surface area contributed by atoms with Crippen LogP contribution in [0.2, 0.25) is 5.02 Å². The van der Waals surface area contributed by atoms with Crippen LogP contribution in [0.5, 0.6) is 17.2 Å². The molecule has 0 radical (unpaired) electrons. The second-order valence-corrected chi connectivity index (χ2v) is 7.33. The zero-order valence-corrected chi connectivity index (χ0v) is 17.9. The molecule has 0 saturated carbocycles. The summed E-state index contributed by atoms with van der Waals surface area (Å²) < 4.78 is 16.0. The summed E-state index contributed by atoms with van der Waals surface area (Å²) in [6, 6.07) is 11.3. The van der Waals surface area contributed by atoms with E-state index in [0.29, 0.717) is 29.2 Å². The summed E-state index contributed by atoms with van der Waals surface area (Å²) in [5, 5.41) is 0.751. The van der Waals surface area contributed by atoms with Crippen LogP contribution in [0.25, 0.3) is 0 Å². The maximum Gasteiger partial charge on any atom is 0.203 e. The molecule has 1 saturated heterocycles. The lowest BCUT2D eigenvalue weighted by Crippen LogP contribution is -2.46. The number of Topliss-reactive ketones (excluding diaryl/α,β-unsaturated/α-hetero) is 1. The van der Waals surface area contributed by atoms with Crippen molar-refractivity contribution < 1.29 is 19.0 Å². The molecule has 1 aliphatic heterocycles. The molecule has 0 aliphatic carbocycles. The van der Waals surface area contributed by atoms with E-state index in [1.165, 1.54) is 0 Å². The standard InChI is InChI=1S/C22H27ClN2O4/c1-27-20-13-16(14-21(28-2)22(20)29-3)19(26)7-8-24-9-11-25(12-10-24)18-6-4-5-17(23)15-18/h4-6,13-15H,7-12H2,1-3H3. The lowest BCUT2D eigenvalue weighted by molar-refractivity contribution is 0.0961. The zero-order chi connectivity index (χ0) is 20.8. The van der Waals surface area contributed by atoms with Crippen LogP contribution in [0.4, 0.5) is 5.69 Å². The molecule has 0 bridgehead atoms. The molecule has 0 amide bonds. The molecule has 2 aromatic rings. The van der Waals surface area contributed by atoms with E-state index in [0.717, 1.165) is 43.4 Å². The molecule has 0 N–H and O–H groups in total. The predicted molar refractivity (Wildman–Crippen MR) is 115 cm³/mol. The molecule has 7 heteroatoms. The first-order valence-corrected chi connectivity index (χ1v) is 9.99. The van der Waals surface area contributed by atoms with E-state index in [1.54, 1.807) is 33.5 Å². The molecule has 1 heterocycles. The van der Waals surface area contributed by atoms with Gasteiger partial charge in [0.1, 0.15) is 0 Å². The van der Waals surface area contributed by atoms with Crippen LogP contribution in [0.3, 0.4) is 0 Å². The molecule has 3 rings (SSSR count). The molecule has 6 nitrogen and oxygen atoms in total. The summed E-state index contributed by atoms with van der Waals surface area (Å²) in [4.78, 5) is 17.4. The van der Waals surface area contributed by atoms with E-state index in [9.17, 15) is 4.79 Å². The van der Waals surface area contributed by atoms with E-state index in [2.05, 4.69) is 15.9 Å². The first kappa shape index (κ1) is 21.3. The Hall–Kier alpha value is -2.44. The van der Waals surface area contributed by atoms with Gasteiger partial charge in [0.05, 0.1) is 21.3 Å². The number of methoxy groups -OCH3 is 3. The van der Waals surface area contributed by atoms with Gasteiger partial charge in [-0.2, -0.15) is 0 Å². The number of nitrogens with zero attached hydrogens (tertiary/aromatic N) is 2. The van der Waals surface area contributed by atoms with Gasteiger partial charge >= 0.3 is 0 Å². The Kier molecular flexibility index (Phi) is 7.23. The van der Waals surface area contributed by atoms with Gasteiger partial charge in [0.25, 0.3) is 0 Å². The molecule has 2 aromatic carbocycles. The maximum atomic E-state index is 12.7. The molecular weight excluding hydrogens is 392 g/mol. The molecule has 0 spiro atoms. The smallest absolute Gasteiger partial charge is 0.203 e. The molecular formula is C22H27ClN2O4. The zero-order valence-electron chi connectivity index (χ0n) is 17.1. The largest absolute Gasteiger partial charge is 0.493 e. The number of ketones is 1. The number of carbonyl (C=O) groups excluding carboxylic acids is 1. The van der Waals surface area contributed by atoms with E-state index < -0.39 is 0 Å². The molecule has 0 unspecified atom stereocenters. The highest BCUT2D eigenvalue weighted by molar-refractivity contribution is 6.30. The molecule has 1 fully saturated rings. The number of rotatable bonds is 8. The number of benzene rings is 2. The van der Waals surface area contributed by atoms with Crippen LogP contribution in [0, 0.1) is 0 Å². The van der Waals surface area contributed by atoms with Gasteiger partial charge in [-0.1, -0.05) is 17.7 Å². The minimum atomic E-state index is 0.0570. The van der Waals surface area contributed by atoms with Gasteiger partial charge in [-0.05, 0) is 30.3 Å². The number of halogens is 1.